The fourth-order valence-corrected chi connectivity index (χ4v) is 4.28. The van der Waals surface area contributed by atoms with Crippen LogP contribution in [-0.4, -0.2) is 84.0 Å². The van der Waals surface area contributed by atoms with E-state index in [-0.39, 0.29) is 18.2 Å². The molecule has 6 heteroatoms. The Balaban J connectivity index is 1.63. The zero-order valence-corrected chi connectivity index (χ0v) is 16.7. The van der Waals surface area contributed by atoms with E-state index in [1.54, 1.807) is 6.08 Å². The quantitative estimate of drug-likeness (QED) is 0.759. The van der Waals surface area contributed by atoms with E-state index in [9.17, 15) is 9.59 Å². The Morgan fingerprint density at radius 2 is 1.82 bits per heavy atom. The third kappa shape index (κ3) is 5.66. The molecule has 2 heterocycles. The Morgan fingerprint density at radius 1 is 1.11 bits per heavy atom. The molecule has 0 aromatic heterocycles. The molecule has 1 N–H and O–H groups in total. The Hall–Kier alpha value is -2.18. The number of piperidine rings is 1. The average molecular weight is 386 g/mol. The van der Waals surface area contributed by atoms with Gasteiger partial charge < -0.3 is 14.9 Å². The van der Waals surface area contributed by atoms with Gasteiger partial charge in [0.2, 0.25) is 5.91 Å². The normalized spacial score (nSPS) is 24.5. The molecule has 0 radical (unpaired) electrons. The van der Waals surface area contributed by atoms with Crippen LogP contribution in [0.2, 0.25) is 0 Å². The predicted octanol–water partition coefficient (Wildman–Crippen LogP) is 2.03. The summed E-state index contributed by atoms with van der Waals surface area (Å²) < 4.78 is 0. The highest BCUT2D eigenvalue weighted by Crippen LogP contribution is 2.27. The summed E-state index contributed by atoms with van der Waals surface area (Å²) in [6.45, 7) is 5.51. The van der Waals surface area contributed by atoms with Crippen LogP contribution in [0.25, 0.3) is 6.08 Å². The minimum absolute atomic E-state index is 0.0148. The fourth-order valence-electron chi connectivity index (χ4n) is 4.28. The first-order chi connectivity index (χ1) is 13.5. The number of likely N-dealkylation sites (tertiary alicyclic amines) is 1. The van der Waals surface area contributed by atoms with E-state index in [2.05, 4.69) is 16.8 Å². The number of benzene rings is 1. The van der Waals surface area contributed by atoms with Gasteiger partial charge in [-0.25, -0.2) is 0 Å². The van der Waals surface area contributed by atoms with Gasteiger partial charge in [-0.1, -0.05) is 30.3 Å². The van der Waals surface area contributed by atoms with Crippen molar-refractivity contribution in [1.82, 2.24) is 14.7 Å². The number of likely N-dealkylation sites (N-methyl/N-ethyl adjacent to an activating group) is 1. The van der Waals surface area contributed by atoms with Crippen molar-refractivity contribution < 1.29 is 14.7 Å². The van der Waals surface area contributed by atoms with Gasteiger partial charge in [-0.3, -0.25) is 14.5 Å². The molecule has 152 valence electrons. The maximum absolute atomic E-state index is 12.7. The maximum Gasteiger partial charge on any atom is 0.303 e. The standard InChI is InChI=1S/C22H31N3O3/c1-23-13-15-24(16-14-23)20-11-12-25(17-19(20)8-10-22(27)28)21(26)9-7-18-5-3-2-4-6-18/h2-7,9,19-20H,8,10-17H2,1H3,(H,27,28)/b9-7+/t19-,20+/m1/s1. The smallest absolute Gasteiger partial charge is 0.303 e. The molecular weight excluding hydrogens is 354 g/mol. The predicted molar refractivity (Wildman–Crippen MR) is 110 cm³/mol. The lowest BCUT2D eigenvalue weighted by atomic mass is 9.86. The summed E-state index contributed by atoms with van der Waals surface area (Å²) >= 11 is 0. The molecule has 28 heavy (non-hydrogen) atoms. The Kier molecular flexibility index (Phi) is 7.23. The second-order valence-corrected chi connectivity index (χ2v) is 7.92. The van der Waals surface area contributed by atoms with Crippen LogP contribution in [0, 0.1) is 5.92 Å². The monoisotopic (exact) mass is 385 g/mol. The Morgan fingerprint density at radius 3 is 2.50 bits per heavy atom. The molecule has 2 aliphatic heterocycles. The van der Waals surface area contributed by atoms with Crippen molar-refractivity contribution in [1.29, 1.82) is 0 Å². The van der Waals surface area contributed by atoms with Gasteiger partial charge in [0.25, 0.3) is 0 Å². The van der Waals surface area contributed by atoms with Crippen molar-refractivity contribution in [2.24, 2.45) is 5.92 Å². The zero-order valence-electron chi connectivity index (χ0n) is 16.7. The van der Waals surface area contributed by atoms with Gasteiger partial charge in [0.1, 0.15) is 0 Å². The van der Waals surface area contributed by atoms with Gasteiger partial charge in [0.15, 0.2) is 0 Å². The first-order valence-electron chi connectivity index (χ1n) is 10.2. The van der Waals surface area contributed by atoms with E-state index in [0.717, 1.165) is 44.7 Å². The van der Waals surface area contributed by atoms with E-state index >= 15 is 0 Å². The van der Waals surface area contributed by atoms with Crippen molar-refractivity contribution in [3.05, 3.63) is 42.0 Å². The molecule has 0 aliphatic carbocycles. The van der Waals surface area contributed by atoms with Crippen molar-refractivity contribution in [3.8, 4) is 0 Å². The van der Waals surface area contributed by atoms with E-state index < -0.39 is 5.97 Å². The molecule has 2 aliphatic rings. The summed E-state index contributed by atoms with van der Waals surface area (Å²) in [5.74, 6) is -0.534. The topological polar surface area (TPSA) is 64.1 Å². The SMILES string of the molecule is CN1CCN([C@H]2CCN(C(=O)/C=C/c3ccccc3)C[C@H]2CCC(=O)O)CC1. The second kappa shape index (κ2) is 9.85. The number of amides is 1. The lowest BCUT2D eigenvalue weighted by Crippen LogP contribution is -2.56. The van der Waals surface area contributed by atoms with Gasteiger partial charge in [-0.2, -0.15) is 0 Å². The summed E-state index contributed by atoms with van der Waals surface area (Å²) in [5, 5.41) is 9.15. The number of rotatable bonds is 6. The largest absolute Gasteiger partial charge is 0.481 e. The van der Waals surface area contributed by atoms with E-state index in [4.69, 9.17) is 5.11 Å². The number of piperazine rings is 1. The highest BCUT2D eigenvalue weighted by Gasteiger charge is 2.35. The lowest BCUT2D eigenvalue weighted by Gasteiger charge is -2.46. The van der Waals surface area contributed by atoms with Crippen LogP contribution < -0.4 is 0 Å². The number of hydrogen-bond donors (Lipinski definition) is 1. The van der Waals surface area contributed by atoms with Crippen LogP contribution in [0.3, 0.4) is 0 Å². The third-order valence-corrected chi connectivity index (χ3v) is 5.96. The van der Waals surface area contributed by atoms with Crippen molar-refractivity contribution in [3.63, 3.8) is 0 Å². The molecule has 1 amide bonds. The molecular formula is C22H31N3O3. The van der Waals surface area contributed by atoms with E-state index in [1.807, 2.05) is 41.3 Å². The molecule has 0 unspecified atom stereocenters. The first-order valence-corrected chi connectivity index (χ1v) is 10.2. The maximum atomic E-state index is 12.7. The highest BCUT2D eigenvalue weighted by atomic mass is 16.4. The highest BCUT2D eigenvalue weighted by molar-refractivity contribution is 5.91. The van der Waals surface area contributed by atoms with Gasteiger partial charge in [-0.05, 0) is 37.4 Å². The Bertz CT molecular complexity index is 684. The number of carbonyl (C=O) groups excluding carboxylic acids is 1. The first kappa shape index (κ1) is 20.6. The number of carboxylic acid groups (broad SMARTS) is 1. The molecule has 0 spiro atoms. The summed E-state index contributed by atoms with van der Waals surface area (Å²) in [6.07, 6.45) is 5.19. The van der Waals surface area contributed by atoms with Crippen LogP contribution >= 0.6 is 0 Å². The van der Waals surface area contributed by atoms with Crippen LogP contribution in [0.4, 0.5) is 0 Å². The lowest BCUT2D eigenvalue weighted by molar-refractivity contribution is -0.137. The summed E-state index contributed by atoms with van der Waals surface area (Å²) in [4.78, 5) is 30.5. The third-order valence-electron chi connectivity index (χ3n) is 5.96. The molecule has 2 fully saturated rings. The minimum atomic E-state index is -0.760. The van der Waals surface area contributed by atoms with E-state index in [1.165, 1.54) is 0 Å². The van der Waals surface area contributed by atoms with Crippen molar-refractivity contribution in [2.45, 2.75) is 25.3 Å². The van der Waals surface area contributed by atoms with Crippen LogP contribution in [-0.2, 0) is 9.59 Å². The average Bonchev–Trinajstić information content (AvgIpc) is 2.71. The number of hydrogen-bond acceptors (Lipinski definition) is 4. The molecule has 2 atom stereocenters. The molecule has 3 rings (SSSR count). The molecule has 0 saturated carbocycles. The zero-order chi connectivity index (χ0) is 19.9. The van der Waals surface area contributed by atoms with Crippen LogP contribution in [0.5, 0.6) is 0 Å². The molecule has 2 saturated heterocycles. The number of aliphatic carboxylic acids is 1. The van der Waals surface area contributed by atoms with Gasteiger partial charge in [0, 0.05) is 57.8 Å². The number of carbonyl (C=O) groups is 2. The fraction of sp³-hybridized carbons (Fsp3) is 0.545. The number of carboxylic acids is 1. The minimum Gasteiger partial charge on any atom is -0.481 e. The molecule has 6 nitrogen and oxygen atoms in total. The molecule has 1 aromatic rings. The number of nitrogens with zero attached hydrogens (tertiary/aromatic N) is 3. The van der Waals surface area contributed by atoms with Gasteiger partial charge in [-0.15, -0.1) is 0 Å². The summed E-state index contributed by atoms with van der Waals surface area (Å²) in [6, 6.07) is 10.2. The van der Waals surface area contributed by atoms with Crippen molar-refractivity contribution >= 4 is 18.0 Å². The summed E-state index contributed by atoms with van der Waals surface area (Å²) in [7, 11) is 2.14. The van der Waals surface area contributed by atoms with Crippen LogP contribution in [0.15, 0.2) is 36.4 Å². The van der Waals surface area contributed by atoms with Gasteiger partial charge in [0.05, 0.1) is 0 Å². The van der Waals surface area contributed by atoms with Gasteiger partial charge >= 0.3 is 5.97 Å². The molecule has 1 aromatic carbocycles. The van der Waals surface area contributed by atoms with Crippen LogP contribution in [0.1, 0.15) is 24.8 Å². The summed E-state index contributed by atoms with van der Waals surface area (Å²) in [5.41, 5.74) is 1.01. The Labute approximate surface area is 167 Å². The second-order valence-electron chi connectivity index (χ2n) is 7.92. The van der Waals surface area contributed by atoms with Crippen molar-refractivity contribution in [2.75, 3.05) is 46.3 Å². The molecule has 0 bridgehead atoms. The van der Waals surface area contributed by atoms with E-state index in [0.29, 0.717) is 19.0 Å².